The van der Waals surface area contributed by atoms with Crippen molar-refractivity contribution in [1.82, 2.24) is 14.5 Å². The third-order valence-corrected chi connectivity index (χ3v) is 5.50. The molecule has 1 aliphatic heterocycles. The minimum Gasteiger partial charge on any atom is -0.365 e. The lowest BCUT2D eigenvalue weighted by molar-refractivity contribution is 0.625. The smallest absolute Gasteiger partial charge is 0.125 e. The number of nitrogens with zero attached hydrogens (tertiary/aromatic N) is 4. The van der Waals surface area contributed by atoms with Crippen molar-refractivity contribution < 1.29 is 4.39 Å². The SMILES string of the molecule is Fc1ccc2c(N3CCc4c(ncn4CCc4ccccc4)C3)ccnc2c1. The summed E-state index contributed by atoms with van der Waals surface area (Å²) >= 11 is 0. The molecule has 2 aromatic carbocycles. The van der Waals surface area contributed by atoms with Gasteiger partial charge >= 0.3 is 0 Å². The van der Waals surface area contributed by atoms with E-state index in [-0.39, 0.29) is 5.82 Å². The molecule has 0 N–H and O–H groups in total. The van der Waals surface area contributed by atoms with E-state index in [4.69, 9.17) is 0 Å². The first kappa shape index (κ1) is 16.9. The number of fused-ring (bicyclic) bond motifs is 2. The minimum absolute atomic E-state index is 0.254. The van der Waals surface area contributed by atoms with Crippen LogP contribution < -0.4 is 4.90 Å². The fourth-order valence-electron chi connectivity index (χ4n) is 4.04. The molecule has 2 aromatic heterocycles. The maximum atomic E-state index is 13.5. The quantitative estimate of drug-likeness (QED) is 0.533. The molecule has 0 bridgehead atoms. The van der Waals surface area contributed by atoms with Crippen LogP contribution in [0.25, 0.3) is 10.9 Å². The Morgan fingerprint density at radius 1 is 1.00 bits per heavy atom. The van der Waals surface area contributed by atoms with Gasteiger partial charge in [-0.25, -0.2) is 9.37 Å². The zero-order valence-corrected chi connectivity index (χ0v) is 15.6. The van der Waals surface area contributed by atoms with Crippen LogP contribution in [0.5, 0.6) is 0 Å². The number of aromatic nitrogens is 3. The Balaban J connectivity index is 1.37. The van der Waals surface area contributed by atoms with E-state index >= 15 is 0 Å². The minimum atomic E-state index is -0.254. The van der Waals surface area contributed by atoms with Crippen LogP contribution in [0.2, 0.25) is 0 Å². The Bertz CT molecular complexity index is 1120. The van der Waals surface area contributed by atoms with E-state index < -0.39 is 0 Å². The van der Waals surface area contributed by atoms with E-state index in [9.17, 15) is 4.39 Å². The van der Waals surface area contributed by atoms with Crippen LogP contribution in [0.15, 0.2) is 67.1 Å². The van der Waals surface area contributed by atoms with Gasteiger partial charge < -0.3 is 9.47 Å². The lowest BCUT2D eigenvalue weighted by Gasteiger charge is -2.30. The van der Waals surface area contributed by atoms with Gasteiger partial charge in [0.1, 0.15) is 5.82 Å². The first-order valence-electron chi connectivity index (χ1n) is 9.64. The second-order valence-electron chi connectivity index (χ2n) is 7.23. The molecule has 0 fully saturated rings. The fourth-order valence-corrected chi connectivity index (χ4v) is 4.04. The summed E-state index contributed by atoms with van der Waals surface area (Å²) in [5.41, 5.74) is 5.59. The highest BCUT2D eigenvalue weighted by Crippen LogP contribution is 2.30. The van der Waals surface area contributed by atoms with Gasteiger partial charge in [0, 0.05) is 48.5 Å². The largest absolute Gasteiger partial charge is 0.365 e. The zero-order chi connectivity index (χ0) is 18.9. The summed E-state index contributed by atoms with van der Waals surface area (Å²) in [4.78, 5) is 11.3. The van der Waals surface area contributed by atoms with Gasteiger partial charge in [0.25, 0.3) is 0 Å². The molecule has 0 spiro atoms. The molecule has 0 unspecified atom stereocenters. The molecular weight excluding hydrogens is 351 g/mol. The molecule has 5 heteroatoms. The number of hydrogen-bond acceptors (Lipinski definition) is 3. The van der Waals surface area contributed by atoms with E-state index in [1.807, 2.05) is 24.5 Å². The Kier molecular flexibility index (Phi) is 4.28. The normalized spacial score (nSPS) is 13.7. The van der Waals surface area contributed by atoms with Crippen molar-refractivity contribution >= 4 is 16.6 Å². The van der Waals surface area contributed by atoms with Gasteiger partial charge in [0.2, 0.25) is 0 Å². The lowest BCUT2D eigenvalue weighted by atomic mass is 10.1. The lowest BCUT2D eigenvalue weighted by Crippen LogP contribution is -2.31. The molecule has 5 rings (SSSR count). The Hall–Kier alpha value is -3.21. The van der Waals surface area contributed by atoms with Gasteiger partial charge in [-0.05, 0) is 30.2 Å². The maximum Gasteiger partial charge on any atom is 0.125 e. The van der Waals surface area contributed by atoms with E-state index in [2.05, 4.69) is 43.7 Å². The first-order chi connectivity index (χ1) is 13.8. The molecule has 140 valence electrons. The molecule has 0 aliphatic carbocycles. The van der Waals surface area contributed by atoms with Gasteiger partial charge in [0.05, 0.1) is 24.1 Å². The highest BCUT2D eigenvalue weighted by molar-refractivity contribution is 5.91. The van der Waals surface area contributed by atoms with Crippen molar-refractivity contribution in [2.24, 2.45) is 0 Å². The van der Waals surface area contributed by atoms with Crippen molar-refractivity contribution in [2.75, 3.05) is 11.4 Å². The Morgan fingerprint density at radius 3 is 2.79 bits per heavy atom. The molecule has 3 heterocycles. The first-order valence-corrected chi connectivity index (χ1v) is 9.64. The predicted molar refractivity (Wildman–Crippen MR) is 109 cm³/mol. The summed E-state index contributed by atoms with van der Waals surface area (Å²) in [7, 11) is 0. The summed E-state index contributed by atoms with van der Waals surface area (Å²) in [6.07, 6.45) is 5.69. The number of benzene rings is 2. The van der Waals surface area contributed by atoms with E-state index in [0.717, 1.165) is 49.2 Å². The molecule has 4 nitrogen and oxygen atoms in total. The summed E-state index contributed by atoms with van der Waals surface area (Å²) in [6.45, 7) is 2.63. The maximum absolute atomic E-state index is 13.5. The molecule has 0 atom stereocenters. The van der Waals surface area contributed by atoms with Gasteiger partial charge in [-0.15, -0.1) is 0 Å². The molecule has 1 aliphatic rings. The zero-order valence-electron chi connectivity index (χ0n) is 15.6. The molecule has 4 aromatic rings. The van der Waals surface area contributed by atoms with Crippen LogP contribution in [-0.4, -0.2) is 21.1 Å². The topological polar surface area (TPSA) is 34.0 Å². The number of rotatable bonds is 4. The van der Waals surface area contributed by atoms with Crippen LogP contribution in [0.3, 0.4) is 0 Å². The van der Waals surface area contributed by atoms with Crippen LogP contribution >= 0.6 is 0 Å². The van der Waals surface area contributed by atoms with Crippen molar-refractivity contribution in [3.8, 4) is 0 Å². The van der Waals surface area contributed by atoms with Gasteiger partial charge in [-0.2, -0.15) is 0 Å². The number of anilines is 1. The van der Waals surface area contributed by atoms with Crippen molar-refractivity contribution in [3.05, 3.63) is 89.9 Å². The van der Waals surface area contributed by atoms with Crippen LogP contribution in [-0.2, 0) is 25.9 Å². The highest BCUT2D eigenvalue weighted by Gasteiger charge is 2.22. The highest BCUT2D eigenvalue weighted by atomic mass is 19.1. The Morgan fingerprint density at radius 2 is 1.89 bits per heavy atom. The van der Waals surface area contributed by atoms with Crippen molar-refractivity contribution in [2.45, 2.75) is 25.9 Å². The summed E-state index contributed by atoms with van der Waals surface area (Å²) in [5, 5.41) is 0.982. The monoisotopic (exact) mass is 372 g/mol. The summed E-state index contributed by atoms with van der Waals surface area (Å²) < 4.78 is 15.8. The van der Waals surface area contributed by atoms with E-state index in [0.29, 0.717) is 5.52 Å². The number of pyridine rings is 1. The third kappa shape index (κ3) is 3.13. The van der Waals surface area contributed by atoms with E-state index in [1.54, 1.807) is 6.20 Å². The van der Waals surface area contributed by atoms with Crippen molar-refractivity contribution in [1.29, 1.82) is 0 Å². The van der Waals surface area contributed by atoms with Crippen molar-refractivity contribution in [3.63, 3.8) is 0 Å². The summed E-state index contributed by atoms with van der Waals surface area (Å²) in [5.74, 6) is -0.254. The van der Waals surface area contributed by atoms with Crippen LogP contribution in [0, 0.1) is 5.82 Å². The molecular formula is C23H21FN4. The van der Waals surface area contributed by atoms with Gasteiger partial charge in [-0.1, -0.05) is 30.3 Å². The van der Waals surface area contributed by atoms with Crippen LogP contribution in [0.4, 0.5) is 10.1 Å². The standard InChI is InChI=1S/C23H21FN4/c24-18-6-7-19-20(14-18)25-11-8-22(19)27-13-10-23-21(15-27)26-16-28(23)12-9-17-4-2-1-3-5-17/h1-8,11,14,16H,9-10,12-13,15H2. The van der Waals surface area contributed by atoms with Gasteiger partial charge in [-0.3, -0.25) is 4.98 Å². The van der Waals surface area contributed by atoms with Crippen LogP contribution in [0.1, 0.15) is 17.0 Å². The average Bonchev–Trinajstić information content (AvgIpc) is 3.14. The molecule has 0 amide bonds. The second-order valence-corrected chi connectivity index (χ2v) is 7.23. The van der Waals surface area contributed by atoms with E-state index in [1.165, 1.54) is 23.4 Å². The average molecular weight is 372 g/mol. The third-order valence-electron chi connectivity index (χ3n) is 5.50. The summed E-state index contributed by atoms with van der Waals surface area (Å²) in [6, 6.07) is 17.4. The number of halogens is 1. The predicted octanol–water partition coefficient (Wildman–Crippen LogP) is 4.38. The fraction of sp³-hybridized carbons (Fsp3) is 0.217. The molecule has 0 radical (unpaired) electrons. The van der Waals surface area contributed by atoms with Gasteiger partial charge in [0.15, 0.2) is 0 Å². The molecule has 0 saturated carbocycles. The number of aryl methyl sites for hydroxylation is 2. The Labute approximate surface area is 163 Å². The number of imidazole rings is 1. The molecule has 28 heavy (non-hydrogen) atoms. The second kappa shape index (κ2) is 7.08. The molecule has 0 saturated heterocycles. The number of hydrogen-bond donors (Lipinski definition) is 0.